The van der Waals surface area contributed by atoms with Gasteiger partial charge in [0.05, 0.1) is 17.3 Å². The minimum Gasteiger partial charge on any atom is -0.283 e. The average molecular weight is 358 g/mol. The van der Waals surface area contributed by atoms with Crippen LogP contribution in [0.2, 0.25) is 5.02 Å². The van der Waals surface area contributed by atoms with E-state index in [1.54, 1.807) is 24.3 Å². The fraction of sp³-hybridized carbons (Fsp3) is 0. The molecule has 0 N–H and O–H groups in total. The molecule has 124 valence electrons. The van der Waals surface area contributed by atoms with E-state index in [9.17, 15) is 0 Å². The maximum atomic E-state index is 9.02. The number of benzene rings is 2. The Morgan fingerprint density at radius 1 is 0.962 bits per heavy atom. The van der Waals surface area contributed by atoms with Crippen molar-refractivity contribution in [1.82, 2.24) is 9.38 Å². The molecule has 0 saturated carbocycles. The number of hydrogen-bond acceptors (Lipinski definition) is 4. The molecule has 0 fully saturated rings. The van der Waals surface area contributed by atoms with Crippen LogP contribution in [0.25, 0.3) is 16.9 Å². The third-order valence-electron chi connectivity index (χ3n) is 3.86. The lowest BCUT2D eigenvalue weighted by atomic mass is 10.1. The van der Waals surface area contributed by atoms with Gasteiger partial charge in [-0.3, -0.25) is 4.40 Å². The first kappa shape index (κ1) is 16.0. The van der Waals surface area contributed by atoms with Crippen molar-refractivity contribution in [3.05, 3.63) is 83.5 Å². The molecule has 2 aromatic heterocycles. The second-order valence-electron chi connectivity index (χ2n) is 5.58. The molecule has 0 amide bonds. The van der Waals surface area contributed by atoms with Crippen molar-refractivity contribution >= 4 is 28.8 Å². The van der Waals surface area contributed by atoms with E-state index in [0.29, 0.717) is 27.8 Å². The zero-order valence-electron chi connectivity index (χ0n) is 13.5. The van der Waals surface area contributed by atoms with E-state index in [1.807, 2.05) is 53.1 Å². The van der Waals surface area contributed by atoms with Gasteiger partial charge in [-0.25, -0.2) is 4.98 Å². The molecule has 2 aromatic carbocycles. The molecule has 4 rings (SSSR count). The monoisotopic (exact) mass is 357 g/mol. The lowest BCUT2D eigenvalue weighted by Gasteiger charge is -2.00. The molecule has 6 heteroatoms. The first-order chi connectivity index (χ1) is 12.7. The Balaban J connectivity index is 1.85. The van der Waals surface area contributed by atoms with Crippen LogP contribution in [0, 0.1) is 11.3 Å². The lowest BCUT2D eigenvalue weighted by molar-refractivity contribution is 1.10. The van der Waals surface area contributed by atoms with Crippen molar-refractivity contribution < 1.29 is 0 Å². The van der Waals surface area contributed by atoms with Gasteiger partial charge in [0.25, 0.3) is 0 Å². The van der Waals surface area contributed by atoms with Gasteiger partial charge in [-0.2, -0.15) is 5.26 Å². The number of halogens is 1. The van der Waals surface area contributed by atoms with Crippen LogP contribution in [-0.2, 0) is 0 Å². The van der Waals surface area contributed by atoms with Gasteiger partial charge >= 0.3 is 0 Å². The fourth-order valence-electron chi connectivity index (χ4n) is 2.62. The van der Waals surface area contributed by atoms with Crippen LogP contribution < -0.4 is 0 Å². The summed E-state index contributed by atoms with van der Waals surface area (Å²) in [5.74, 6) is 0.616. The molecular weight excluding hydrogens is 346 g/mol. The van der Waals surface area contributed by atoms with Gasteiger partial charge in [-0.05, 0) is 42.5 Å². The van der Waals surface area contributed by atoms with Gasteiger partial charge in [0.15, 0.2) is 5.82 Å². The maximum absolute atomic E-state index is 9.02. The minimum atomic E-state index is 0.539. The van der Waals surface area contributed by atoms with Crippen LogP contribution in [0.5, 0.6) is 0 Å². The normalized spacial score (nSPS) is 11.1. The van der Waals surface area contributed by atoms with Crippen molar-refractivity contribution in [3.63, 3.8) is 0 Å². The molecule has 0 aliphatic rings. The number of imidazole rings is 1. The number of nitrogens with zero attached hydrogens (tertiary/aromatic N) is 5. The number of pyridine rings is 1. The van der Waals surface area contributed by atoms with Crippen molar-refractivity contribution in [3.8, 4) is 17.3 Å². The number of azo groups is 1. The second-order valence-corrected chi connectivity index (χ2v) is 6.02. The van der Waals surface area contributed by atoms with Gasteiger partial charge in [0.2, 0.25) is 0 Å². The Labute approximate surface area is 154 Å². The highest BCUT2D eigenvalue weighted by Gasteiger charge is 2.13. The Morgan fingerprint density at radius 2 is 1.81 bits per heavy atom. The molecule has 0 aliphatic heterocycles. The Kier molecular flexibility index (Phi) is 4.18. The number of aromatic nitrogens is 2. The SMILES string of the molecule is N#Cc1cccc(N=Nc2c(-c3ccc(Cl)cc3)nc3ccccn23)c1. The molecule has 2 heterocycles. The summed E-state index contributed by atoms with van der Waals surface area (Å²) in [5.41, 5.74) is 3.54. The third kappa shape index (κ3) is 3.06. The van der Waals surface area contributed by atoms with Crippen LogP contribution in [0.4, 0.5) is 11.5 Å². The highest BCUT2D eigenvalue weighted by Crippen LogP contribution is 2.32. The third-order valence-corrected chi connectivity index (χ3v) is 4.11. The summed E-state index contributed by atoms with van der Waals surface area (Å²) < 4.78 is 1.88. The Morgan fingerprint density at radius 3 is 2.62 bits per heavy atom. The van der Waals surface area contributed by atoms with E-state index in [1.165, 1.54) is 0 Å². The zero-order chi connectivity index (χ0) is 17.9. The molecule has 0 unspecified atom stereocenters. The van der Waals surface area contributed by atoms with Gasteiger partial charge in [0.1, 0.15) is 11.3 Å². The lowest BCUT2D eigenvalue weighted by Crippen LogP contribution is -1.81. The van der Waals surface area contributed by atoms with Crippen LogP contribution in [0.3, 0.4) is 0 Å². The van der Waals surface area contributed by atoms with E-state index < -0.39 is 0 Å². The van der Waals surface area contributed by atoms with E-state index in [2.05, 4.69) is 21.3 Å². The molecule has 0 atom stereocenters. The summed E-state index contributed by atoms with van der Waals surface area (Å²) in [6.07, 6.45) is 1.89. The molecule has 0 radical (unpaired) electrons. The fourth-order valence-corrected chi connectivity index (χ4v) is 2.75. The number of hydrogen-bond donors (Lipinski definition) is 0. The van der Waals surface area contributed by atoms with Crippen LogP contribution >= 0.6 is 11.6 Å². The molecule has 4 aromatic rings. The Bertz CT molecular complexity index is 1150. The van der Waals surface area contributed by atoms with E-state index in [-0.39, 0.29) is 0 Å². The number of rotatable bonds is 3. The van der Waals surface area contributed by atoms with Gasteiger partial charge in [0, 0.05) is 16.8 Å². The highest BCUT2D eigenvalue weighted by atomic mass is 35.5. The average Bonchev–Trinajstić information content (AvgIpc) is 3.05. The highest BCUT2D eigenvalue weighted by molar-refractivity contribution is 6.30. The van der Waals surface area contributed by atoms with Crippen LogP contribution in [0.1, 0.15) is 5.56 Å². The van der Waals surface area contributed by atoms with Gasteiger partial charge in [-0.15, -0.1) is 10.2 Å². The first-order valence-corrected chi connectivity index (χ1v) is 8.27. The summed E-state index contributed by atoms with van der Waals surface area (Å²) in [6.45, 7) is 0. The van der Waals surface area contributed by atoms with Crippen molar-refractivity contribution in [2.75, 3.05) is 0 Å². The maximum Gasteiger partial charge on any atom is 0.187 e. The first-order valence-electron chi connectivity index (χ1n) is 7.89. The molecule has 26 heavy (non-hydrogen) atoms. The number of fused-ring (bicyclic) bond motifs is 1. The van der Waals surface area contributed by atoms with Crippen molar-refractivity contribution in [2.24, 2.45) is 10.2 Å². The topological polar surface area (TPSA) is 65.8 Å². The molecule has 5 nitrogen and oxygen atoms in total. The summed E-state index contributed by atoms with van der Waals surface area (Å²) >= 11 is 5.99. The van der Waals surface area contributed by atoms with Gasteiger partial charge in [-0.1, -0.05) is 35.9 Å². The van der Waals surface area contributed by atoms with Crippen LogP contribution in [-0.4, -0.2) is 9.38 Å². The molecule has 0 spiro atoms. The standard InChI is InChI=1S/C20H12ClN5/c21-16-9-7-15(8-10-16)19-20(26-11-2-1-6-18(26)23-19)25-24-17-5-3-4-14(12-17)13-22/h1-12H. The minimum absolute atomic E-state index is 0.539. The predicted octanol–water partition coefficient (Wildman–Crippen LogP) is 5.94. The summed E-state index contributed by atoms with van der Waals surface area (Å²) in [5, 5.41) is 18.4. The van der Waals surface area contributed by atoms with Crippen molar-refractivity contribution in [1.29, 1.82) is 5.26 Å². The quantitative estimate of drug-likeness (QED) is 0.426. The van der Waals surface area contributed by atoms with E-state index in [0.717, 1.165) is 11.2 Å². The zero-order valence-corrected chi connectivity index (χ0v) is 14.3. The number of nitriles is 1. The Hall–Kier alpha value is -3.49. The largest absolute Gasteiger partial charge is 0.283 e. The second kappa shape index (κ2) is 6.79. The molecule has 0 saturated heterocycles. The van der Waals surface area contributed by atoms with E-state index >= 15 is 0 Å². The smallest absolute Gasteiger partial charge is 0.187 e. The molecule has 0 bridgehead atoms. The summed E-state index contributed by atoms with van der Waals surface area (Å²) in [6, 6.07) is 22.3. The van der Waals surface area contributed by atoms with E-state index in [4.69, 9.17) is 16.9 Å². The predicted molar refractivity (Wildman–Crippen MR) is 101 cm³/mol. The summed E-state index contributed by atoms with van der Waals surface area (Å²) in [4.78, 5) is 4.67. The van der Waals surface area contributed by atoms with Crippen LogP contribution in [0.15, 0.2) is 83.2 Å². The van der Waals surface area contributed by atoms with Gasteiger partial charge < -0.3 is 0 Å². The summed E-state index contributed by atoms with van der Waals surface area (Å²) in [7, 11) is 0. The molecular formula is C20H12ClN5. The molecule has 0 aliphatic carbocycles. The van der Waals surface area contributed by atoms with Crippen molar-refractivity contribution in [2.45, 2.75) is 0 Å².